The van der Waals surface area contributed by atoms with Crippen molar-refractivity contribution < 1.29 is 18.0 Å². The van der Waals surface area contributed by atoms with Gasteiger partial charge in [0.25, 0.3) is 0 Å². The number of aryl methyl sites for hydroxylation is 2. The molecule has 0 spiro atoms. The van der Waals surface area contributed by atoms with Crippen LogP contribution in [0.1, 0.15) is 36.8 Å². The van der Waals surface area contributed by atoms with Crippen molar-refractivity contribution in [2.45, 2.75) is 39.5 Å². The third-order valence-corrected chi connectivity index (χ3v) is 6.09. The predicted molar refractivity (Wildman–Crippen MR) is 106 cm³/mol. The number of primary amides is 1. The number of likely N-dealkylation sites (tertiary alicyclic amines) is 1. The van der Waals surface area contributed by atoms with Crippen molar-refractivity contribution >= 4 is 27.5 Å². The molecule has 150 valence electrons. The summed E-state index contributed by atoms with van der Waals surface area (Å²) in [6.07, 6.45) is 3.09. The molecule has 1 heterocycles. The Kier molecular flexibility index (Phi) is 6.86. The van der Waals surface area contributed by atoms with Crippen LogP contribution in [0.5, 0.6) is 0 Å². The summed E-state index contributed by atoms with van der Waals surface area (Å²) >= 11 is 0. The number of piperidine rings is 1. The van der Waals surface area contributed by atoms with E-state index >= 15 is 0 Å². The van der Waals surface area contributed by atoms with Crippen LogP contribution in [-0.2, 0) is 19.6 Å². The standard InChI is InChI=1S/C19H29N3O4S/c1-14-11-15(2)13-17(12-14)22(27(3,25)26)8-4-5-18(23)21-9-6-16(7-10-21)19(20)24/h11-13,16H,4-10H2,1-3H3,(H2,20,24). The molecular formula is C19H29N3O4S. The summed E-state index contributed by atoms with van der Waals surface area (Å²) in [7, 11) is -3.43. The van der Waals surface area contributed by atoms with E-state index in [-0.39, 0.29) is 30.7 Å². The van der Waals surface area contributed by atoms with Gasteiger partial charge in [-0.25, -0.2) is 8.42 Å². The van der Waals surface area contributed by atoms with Crippen LogP contribution in [0.2, 0.25) is 0 Å². The van der Waals surface area contributed by atoms with Crippen molar-refractivity contribution in [3.63, 3.8) is 0 Å². The molecule has 2 amide bonds. The second-order valence-corrected chi connectivity index (χ2v) is 9.25. The molecule has 7 nitrogen and oxygen atoms in total. The maximum atomic E-state index is 12.4. The highest BCUT2D eigenvalue weighted by Gasteiger charge is 2.26. The van der Waals surface area contributed by atoms with E-state index in [0.717, 1.165) is 11.1 Å². The fourth-order valence-corrected chi connectivity index (χ4v) is 4.48. The van der Waals surface area contributed by atoms with E-state index in [4.69, 9.17) is 5.73 Å². The Morgan fingerprint density at radius 1 is 1.15 bits per heavy atom. The Balaban J connectivity index is 1.94. The topological polar surface area (TPSA) is 101 Å². The van der Waals surface area contributed by atoms with Crippen molar-refractivity contribution in [3.05, 3.63) is 29.3 Å². The molecule has 1 fully saturated rings. The number of hydrogen-bond acceptors (Lipinski definition) is 4. The fraction of sp³-hybridized carbons (Fsp3) is 0.579. The van der Waals surface area contributed by atoms with Crippen LogP contribution in [-0.4, -0.2) is 51.0 Å². The second kappa shape index (κ2) is 8.73. The first kappa shape index (κ1) is 21.2. The number of carbonyl (C=O) groups excluding carboxylic acids is 2. The predicted octanol–water partition coefficient (Wildman–Crippen LogP) is 1.57. The van der Waals surface area contributed by atoms with Gasteiger partial charge in [-0.15, -0.1) is 0 Å². The van der Waals surface area contributed by atoms with Gasteiger partial charge in [0.05, 0.1) is 11.9 Å². The minimum atomic E-state index is -3.43. The first-order valence-electron chi connectivity index (χ1n) is 9.21. The first-order valence-corrected chi connectivity index (χ1v) is 11.1. The quantitative estimate of drug-likeness (QED) is 0.757. The van der Waals surface area contributed by atoms with Gasteiger partial charge in [0, 0.05) is 32.0 Å². The molecule has 2 rings (SSSR count). The Bertz CT molecular complexity index is 779. The largest absolute Gasteiger partial charge is 0.369 e. The van der Waals surface area contributed by atoms with Gasteiger partial charge >= 0.3 is 0 Å². The lowest BCUT2D eigenvalue weighted by Gasteiger charge is -2.31. The maximum Gasteiger partial charge on any atom is 0.232 e. The highest BCUT2D eigenvalue weighted by atomic mass is 32.2. The summed E-state index contributed by atoms with van der Waals surface area (Å²) in [4.78, 5) is 25.3. The van der Waals surface area contributed by atoms with E-state index in [1.54, 1.807) is 4.90 Å². The highest BCUT2D eigenvalue weighted by molar-refractivity contribution is 7.92. The Labute approximate surface area is 161 Å². The molecular weight excluding hydrogens is 366 g/mol. The number of benzene rings is 1. The zero-order chi connectivity index (χ0) is 20.2. The smallest absolute Gasteiger partial charge is 0.232 e. The molecule has 0 unspecified atom stereocenters. The van der Waals surface area contributed by atoms with Gasteiger partial charge in [-0.05, 0) is 56.4 Å². The number of nitrogens with two attached hydrogens (primary N) is 1. The van der Waals surface area contributed by atoms with E-state index in [2.05, 4.69) is 0 Å². The van der Waals surface area contributed by atoms with Gasteiger partial charge in [-0.3, -0.25) is 13.9 Å². The highest BCUT2D eigenvalue weighted by Crippen LogP contribution is 2.22. The van der Waals surface area contributed by atoms with Gasteiger partial charge < -0.3 is 10.6 Å². The van der Waals surface area contributed by atoms with Crippen LogP contribution in [0.25, 0.3) is 0 Å². The molecule has 0 radical (unpaired) electrons. The monoisotopic (exact) mass is 395 g/mol. The summed E-state index contributed by atoms with van der Waals surface area (Å²) in [6.45, 7) is 5.16. The van der Waals surface area contributed by atoms with Crippen molar-refractivity contribution in [1.82, 2.24) is 4.90 Å². The zero-order valence-corrected chi connectivity index (χ0v) is 17.1. The van der Waals surface area contributed by atoms with Crippen LogP contribution in [0.3, 0.4) is 0 Å². The van der Waals surface area contributed by atoms with E-state index in [9.17, 15) is 18.0 Å². The second-order valence-electron chi connectivity index (χ2n) is 7.34. The molecule has 0 atom stereocenters. The molecule has 8 heteroatoms. The molecule has 1 saturated heterocycles. The lowest BCUT2D eigenvalue weighted by molar-refractivity contribution is -0.134. The summed E-state index contributed by atoms with van der Waals surface area (Å²) in [5, 5.41) is 0. The van der Waals surface area contributed by atoms with Gasteiger partial charge in [0.1, 0.15) is 0 Å². The van der Waals surface area contributed by atoms with Gasteiger partial charge in [0.2, 0.25) is 21.8 Å². The molecule has 27 heavy (non-hydrogen) atoms. The van der Waals surface area contributed by atoms with Crippen LogP contribution >= 0.6 is 0 Å². The van der Waals surface area contributed by atoms with Crippen LogP contribution < -0.4 is 10.0 Å². The summed E-state index contributed by atoms with van der Waals surface area (Å²) < 4.78 is 25.8. The average Bonchev–Trinajstić information content (AvgIpc) is 2.56. The number of sulfonamides is 1. The molecule has 2 N–H and O–H groups in total. The number of rotatable bonds is 7. The summed E-state index contributed by atoms with van der Waals surface area (Å²) in [5.74, 6) is -0.467. The Hall–Kier alpha value is -2.09. The molecule has 1 aliphatic rings. The number of hydrogen-bond donors (Lipinski definition) is 1. The normalized spacial score (nSPS) is 15.6. The van der Waals surface area contributed by atoms with Gasteiger partial charge in [-0.1, -0.05) is 6.07 Å². The van der Waals surface area contributed by atoms with Crippen LogP contribution in [0, 0.1) is 19.8 Å². The molecule has 1 aromatic rings. The summed E-state index contributed by atoms with van der Waals surface area (Å²) in [5.41, 5.74) is 7.93. The molecule has 0 aromatic heterocycles. The summed E-state index contributed by atoms with van der Waals surface area (Å²) in [6, 6.07) is 5.66. The number of anilines is 1. The third kappa shape index (κ3) is 5.95. The lowest BCUT2D eigenvalue weighted by Crippen LogP contribution is -2.42. The number of carbonyl (C=O) groups is 2. The van der Waals surface area contributed by atoms with E-state index < -0.39 is 10.0 Å². The van der Waals surface area contributed by atoms with Crippen molar-refractivity contribution in [1.29, 1.82) is 0 Å². The van der Waals surface area contributed by atoms with E-state index in [1.807, 2.05) is 32.0 Å². The molecule has 0 bridgehead atoms. The molecule has 1 aliphatic heterocycles. The van der Waals surface area contributed by atoms with Crippen molar-refractivity contribution in [2.75, 3.05) is 30.2 Å². The first-order chi connectivity index (χ1) is 12.6. The molecule has 0 saturated carbocycles. The average molecular weight is 396 g/mol. The SMILES string of the molecule is Cc1cc(C)cc(N(CCCC(=O)N2CCC(C(N)=O)CC2)S(C)(=O)=O)c1. The fourth-order valence-electron chi connectivity index (χ4n) is 3.53. The lowest BCUT2D eigenvalue weighted by atomic mass is 9.96. The van der Waals surface area contributed by atoms with Crippen molar-refractivity contribution in [2.24, 2.45) is 11.7 Å². The van der Waals surface area contributed by atoms with Crippen LogP contribution in [0.4, 0.5) is 5.69 Å². The minimum Gasteiger partial charge on any atom is -0.369 e. The van der Waals surface area contributed by atoms with Crippen LogP contribution in [0.15, 0.2) is 18.2 Å². The van der Waals surface area contributed by atoms with E-state index in [1.165, 1.54) is 10.6 Å². The van der Waals surface area contributed by atoms with E-state index in [0.29, 0.717) is 38.0 Å². The minimum absolute atomic E-state index is 0.00760. The Morgan fingerprint density at radius 2 is 1.70 bits per heavy atom. The number of nitrogens with zero attached hydrogens (tertiary/aromatic N) is 2. The third-order valence-electron chi connectivity index (χ3n) is 4.90. The van der Waals surface area contributed by atoms with Gasteiger partial charge in [-0.2, -0.15) is 0 Å². The molecule has 1 aromatic carbocycles. The van der Waals surface area contributed by atoms with Gasteiger partial charge in [0.15, 0.2) is 0 Å². The zero-order valence-electron chi connectivity index (χ0n) is 16.3. The molecule has 0 aliphatic carbocycles. The number of amides is 2. The maximum absolute atomic E-state index is 12.4. The van der Waals surface area contributed by atoms with Crippen molar-refractivity contribution in [3.8, 4) is 0 Å². The Morgan fingerprint density at radius 3 is 2.19 bits per heavy atom.